The van der Waals surface area contributed by atoms with Gasteiger partial charge in [0.2, 0.25) is 0 Å². The number of anilines is 1. The molecule has 1 unspecified atom stereocenters. The van der Waals surface area contributed by atoms with Gasteiger partial charge in [-0.2, -0.15) is 0 Å². The van der Waals surface area contributed by atoms with Crippen LogP contribution in [0.4, 0.5) is 5.13 Å². The number of morpholine rings is 1. The van der Waals surface area contributed by atoms with Gasteiger partial charge >= 0.3 is 0 Å². The number of nitrogens with one attached hydrogen (secondary N) is 2. The third kappa shape index (κ3) is 3.41. The molecule has 1 aromatic heterocycles. The van der Waals surface area contributed by atoms with E-state index in [0.29, 0.717) is 0 Å². The average molecular weight is 379 g/mol. The van der Waals surface area contributed by atoms with Crippen LogP contribution in [0.3, 0.4) is 0 Å². The molecule has 2 fully saturated rings. The largest absolute Gasteiger partial charge is 0.378 e. The van der Waals surface area contributed by atoms with Gasteiger partial charge in [-0.15, -0.1) is 36.2 Å². The summed E-state index contributed by atoms with van der Waals surface area (Å²) in [6.07, 6.45) is 2.00. The van der Waals surface area contributed by atoms with Crippen LogP contribution in [0.2, 0.25) is 0 Å². The van der Waals surface area contributed by atoms with E-state index in [9.17, 15) is 0 Å². The Hall–Kier alpha value is -1.06. The minimum atomic E-state index is 0. The first-order valence-electron chi connectivity index (χ1n) is 7.12. The third-order valence-corrected chi connectivity index (χ3v) is 4.82. The van der Waals surface area contributed by atoms with Gasteiger partial charge in [0.1, 0.15) is 12.0 Å². The molecule has 23 heavy (non-hydrogen) atoms. The Morgan fingerprint density at radius 2 is 2.09 bits per heavy atom. The van der Waals surface area contributed by atoms with E-state index in [2.05, 4.69) is 31.0 Å². The van der Waals surface area contributed by atoms with Crippen LogP contribution < -0.4 is 15.8 Å². The standard InChI is InChI=1S/C13H18N6OS.2ClH/c1-9-11-16-17-12(19(11)3-2-14-9)10-8-21-13(15-10)18-4-6-20-7-5-18;;/h2,8,12,16-17H,3-7H2,1H3;2*1H. The van der Waals surface area contributed by atoms with Gasteiger partial charge in [-0.1, -0.05) is 0 Å². The van der Waals surface area contributed by atoms with Crippen LogP contribution in [0.15, 0.2) is 21.9 Å². The van der Waals surface area contributed by atoms with E-state index >= 15 is 0 Å². The molecular formula is C13H20Cl2N6OS. The predicted molar refractivity (Wildman–Crippen MR) is 96.6 cm³/mol. The number of nitrogens with zero attached hydrogens (tertiary/aromatic N) is 4. The number of hydrazine groups is 1. The summed E-state index contributed by atoms with van der Waals surface area (Å²) in [7, 11) is 0. The lowest BCUT2D eigenvalue weighted by Gasteiger charge is -2.27. The van der Waals surface area contributed by atoms with Crippen molar-refractivity contribution in [1.29, 1.82) is 0 Å². The Labute approximate surface area is 151 Å². The van der Waals surface area contributed by atoms with Gasteiger partial charge in [-0.25, -0.2) is 10.4 Å². The highest BCUT2D eigenvalue weighted by molar-refractivity contribution is 7.13. The highest BCUT2D eigenvalue weighted by atomic mass is 35.5. The number of rotatable bonds is 2. The van der Waals surface area contributed by atoms with Gasteiger partial charge in [0.05, 0.1) is 31.1 Å². The minimum absolute atomic E-state index is 0. The van der Waals surface area contributed by atoms with Gasteiger partial charge in [0.15, 0.2) is 5.13 Å². The Morgan fingerprint density at radius 3 is 2.87 bits per heavy atom. The van der Waals surface area contributed by atoms with Gasteiger partial charge in [-0.3, -0.25) is 4.99 Å². The number of allylic oxidation sites excluding steroid dienone is 1. The van der Waals surface area contributed by atoms with E-state index in [0.717, 1.165) is 55.2 Å². The molecule has 4 heterocycles. The molecule has 0 bridgehead atoms. The Balaban J connectivity index is 0.000000960. The summed E-state index contributed by atoms with van der Waals surface area (Å²) in [6, 6.07) is 0. The fourth-order valence-electron chi connectivity index (χ4n) is 2.77. The molecule has 2 saturated heterocycles. The van der Waals surface area contributed by atoms with E-state index in [-0.39, 0.29) is 31.0 Å². The molecule has 0 amide bonds. The lowest BCUT2D eigenvalue weighted by atomic mass is 10.3. The van der Waals surface area contributed by atoms with Crippen molar-refractivity contribution < 1.29 is 4.74 Å². The molecule has 0 radical (unpaired) electrons. The monoisotopic (exact) mass is 378 g/mol. The van der Waals surface area contributed by atoms with Crippen LogP contribution in [0.25, 0.3) is 0 Å². The second kappa shape index (κ2) is 7.67. The summed E-state index contributed by atoms with van der Waals surface area (Å²) in [5.41, 5.74) is 8.57. The van der Waals surface area contributed by atoms with Crippen LogP contribution in [0.1, 0.15) is 18.8 Å². The van der Waals surface area contributed by atoms with Crippen LogP contribution in [0, 0.1) is 0 Å². The molecule has 10 heteroatoms. The third-order valence-electron chi connectivity index (χ3n) is 3.90. The van der Waals surface area contributed by atoms with Crippen LogP contribution in [-0.4, -0.2) is 48.9 Å². The van der Waals surface area contributed by atoms with Crippen molar-refractivity contribution in [2.45, 2.75) is 13.1 Å². The van der Waals surface area contributed by atoms with Gasteiger partial charge < -0.3 is 20.0 Å². The average Bonchev–Trinajstić information content (AvgIpc) is 3.15. The normalized spacial score (nSPS) is 23.1. The number of fused-ring (bicyclic) bond motifs is 1. The SMILES string of the molecule is CC1=C2NNC(c3csc(N4CCOCC4)n3)N2CC=N1.Cl.Cl. The number of aliphatic imine (C=N–C) groups is 1. The van der Waals surface area contributed by atoms with Gasteiger partial charge in [0, 0.05) is 24.7 Å². The molecule has 1 atom stereocenters. The molecule has 3 aliphatic rings. The molecule has 0 aliphatic carbocycles. The molecule has 0 aromatic carbocycles. The maximum absolute atomic E-state index is 5.39. The van der Waals surface area contributed by atoms with E-state index in [1.165, 1.54) is 0 Å². The smallest absolute Gasteiger partial charge is 0.185 e. The van der Waals surface area contributed by atoms with Crippen molar-refractivity contribution in [3.8, 4) is 0 Å². The first-order chi connectivity index (χ1) is 10.3. The zero-order chi connectivity index (χ0) is 14.2. The first kappa shape index (κ1) is 18.3. The van der Waals surface area contributed by atoms with Gasteiger partial charge in [0.25, 0.3) is 0 Å². The van der Waals surface area contributed by atoms with Crippen LogP contribution in [0.5, 0.6) is 0 Å². The molecule has 4 rings (SSSR count). The number of thiazole rings is 1. The summed E-state index contributed by atoms with van der Waals surface area (Å²) >= 11 is 1.70. The Kier molecular flexibility index (Phi) is 6.10. The second-order valence-corrected chi connectivity index (χ2v) is 6.06. The fraction of sp³-hybridized carbons (Fsp3) is 0.538. The molecular weight excluding hydrogens is 359 g/mol. The number of hydrogen-bond acceptors (Lipinski definition) is 8. The molecule has 0 saturated carbocycles. The second-order valence-electron chi connectivity index (χ2n) is 5.22. The fourth-order valence-corrected chi connectivity index (χ4v) is 3.67. The van der Waals surface area contributed by atoms with Crippen molar-refractivity contribution in [2.75, 3.05) is 37.7 Å². The lowest BCUT2D eigenvalue weighted by Crippen LogP contribution is -2.36. The van der Waals surface area contributed by atoms with Crippen molar-refractivity contribution in [3.63, 3.8) is 0 Å². The topological polar surface area (TPSA) is 65.0 Å². The van der Waals surface area contributed by atoms with Crippen LogP contribution >= 0.6 is 36.2 Å². The quantitative estimate of drug-likeness (QED) is 0.812. The first-order valence-corrected chi connectivity index (χ1v) is 8.00. The van der Waals surface area contributed by atoms with E-state index in [4.69, 9.17) is 9.72 Å². The zero-order valence-corrected chi connectivity index (χ0v) is 15.1. The summed E-state index contributed by atoms with van der Waals surface area (Å²) < 4.78 is 5.39. The van der Waals surface area contributed by atoms with E-state index in [1.54, 1.807) is 11.3 Å². The molecule has 1 aromatic rings. The molecule has 128 valence electrons. The van der Waals surface area contributed by atoms with Crippen molar-refractivity contribution in [2.24, 2.45) is 4.99 Å². The Bertz CT molecular complexity index is 601. The van der Waals surface area contributed by atoms with Crippen molar-refractivity contribution in [1.82, 2.24) is 20.7 Å². The minimum Gasteiger partial charge on any atom is -0.378 e. The number of halogens is 2. The maximum Gasteiger partial charge on any atom is 0.185 e. The summed E-state index contributed by atoms with van der Waals surface area (Å²) in [6.45, 7) is 6.21. The summed E-state index contributed by atoms with van der Waals surface area (Å²) in [4.78, 5) is 13.7. The van der Waals surface area contributed by atoms with E-state index < -0.39 is 0 Å². The molecule has 2 N–H and O–H groups in total. The zero-order valence-electron chi connectivity index (χ0n) is 12.7. The predicted octanol–water partition coefficient (Wildman–Crippen LogP) is 1.51. The molecule has 0 spiro atoms. The number of hydrogen-bond donors (Lipinski definition) is 2. The summed E-state index contributed by atoms with van der Waals surface area (Å²) in [5.74, 6) is 1.04. The maximum atomic E-state index is 5.39. The molecule has 3 aliphatic heterocycles. The van der Waals surface area contributed by atoms with Gasteiger partial charge in [-0.05, 0) is 6.92 Å². The lowest BCUT2D eigenvalue weighted by molar-refractivity contribution is 0.122. The summed E-state index contributed by atoms with van der Waals surface area (Å²) in [5, 5.41) is 3.21. The number of ether oxygens (including phenoxy) is 1. The highest BCUT2D eigenvalue weighted by Crippen LogP contribution is 2.31. The van der Waals surface area contributed by atoms with Crippen molar-refractivity contribution >= 4 is 47.5 Å². The van der Waals surface area contributed by atoms with Crippen molar-refractivity contribution in [3.05, 3.63) is 22.6 Å². The molecule has 7 nitrogen and oxygen atoms in total. The highest BCUT2D eigenvalue weighted by Gasteiger charge is 2.33. The Morgan fingerprint density at radius 1 is 1.30 bits per heavy atom. The van der Waals surface area contributed by atoms with Crippen LogP contribution in [-0.2, 0) is 4.74 Å². The van der Waals surface area contributed by atoms with E-state index in [1.807, 2.05) is 13.1 Å². The number of aromatic nitrogens is 1.